The van der Waals surface area contributed by atoms with Gasteiger partial charge in [-0.15, -0.1) is 0 Å². The highest BCUT2D eigenvalue weighted by Gasteiger charge is 2.38. The molecule has 0 spiro atoms. The first kappa shape index (κ1) is 13.8. The predicted octanol–water partition coefficient (Wildman–Crippen LogP) is 2.38. The van der Waals surface area contributed by atoms with Crippen LogP contribution in [0, 0.1) is 5.92 Å². The van der Waals surface area contributed by atoms with Crippen molar-refractivity contribution in [2.24, 2.45) is 11.7 Å². The van der Waals surface area contributed by atoms with Crippen LogP contribution in [0.2, 0.25) is 5.02 Å². The van der Waals surface area contributed by atoms with Gasteiger partial charge in [-0.2, -0.15) is 0 Å². The minimum Gasteiger partial charge on any atom is -0.327 e. The monoisotopic (exact) mass is 287 g/mol. The van der Waals surface area contributed by atoms with E-state index in [1.54, 1.807) is 24.3 Å². The van der Waals surface area contributed by atoms with Crippen molar-refractivity contribution in [1.82, 2.24) is 0 Å². The van der Waals surface area contributed by atoms with Crippen LogP contribution in [0.5, 0.6) is 0 Å². The lowest BCUT2D eigenvalue weighted by Crippen LogP contribution is -2.32. The molecular weight excluding hydrogens is 270 g/mol. The van der Waals surface area contributed by atoms with Crippen LogP contribution in [-0.4, -0.2) is 19.7 Å². The molecule has 3 unspecified atom stereocenters. The van der Waals surface area contributed by atoms with Crippen LogP contribution >= 0.6 is 11.6 Å². The highest BCUT2D eigenvalue weighted by Crippen LogP contribution is 2.31. The molecule has 1 saturated carbocycles. The van der Waals surface area contributed by atoms with Gasteiger partial charge in [0.2, 0.25) is 0 Å². The molecule has 18 heavy (non-hydrogen) atoms. The van der Waals surface area contributed by atoms with Crippen LogP contribution in [-0.2, 0) is 15.6 Å². The summed E-state index contributed by atoms with van der Waals surface area (Å²) in [5.74, 6) is 0.119. The standard InChI is InChI=1S/C13H18ClNO2S/c1-9-12(15)6-7-13(9)18(16,17)8-10-2-4-11(14)5-3-10/h2-5,9,12-13H,6-8,15H2,1H3. The van der Waals surface area contributed by atoms with E-state index in [1.165, 1.54) is 0 Å². The van der Waals surface area contributed by atoms with E-state index in [4.69, 9.17) is 17.3 Å². The Kier molecular flexibility index (Phi) is 3.99. The summed E-state index contributed by atoms with van der Waals surface area (Å²) in [5, 5.41) is 0.315. The van der Waals surface area contributed by atoms with E-state index < -0.39 is 9.84 Å². The lowest BCUT2D eigenvalue weighted by Gasteiger charge is -2.18. The van der Waals surface area contributed by atoms with Gasteiger partial charge in [0, 0.05) is 11.1 Å². The summed E-state index contributed by atoms with van der Waals surface area (Å²) in [4.78, 5) is 0. The fraction of sp³-hybridized carbons (Fsp3) is 0.538. The van der Waals surface area contributed by atoms with Gasteiger partial charge in [-0.25, -0.2) is 8.42 Å². The maximum atomic E-state index is 12.4. The Hall–Kier alpha value is -0.580. The zero-order chi connectivity index (χ0) is 13.3. The number of halogens is 1. The molecule has 0 aromatic heterocycles. The Morgan fingerprint density at radius 2 is 1.89 bits per heavy atom. The largest absolute Gasteiger partial charge is 0.327 e. The molecule has 1 aliphatic rings. The first-order chi connectivity index (χ1) is 8.40. The van der Waals surface area contributed by atoms with Gasteiger partial charge < -0.3 is 5.73 Å². The van der Waals surface area contributed by atoms with E-state index in [0.717, 1.165) is 12.0 Å². The smallest absolute Gasteiger partial charge is 0.157 e. The second-order valence-electron chi connectivity index (χ2n) is 5.07. The van der Waals surface area contributed by atoms with Gasteiger partial charge in [-0.1, -0.05) is 30.7 Å². The molecule has 5 heteroatoms. The molecule has 3 atom stereocenters. The van der Waals surface area contributed by atoms with Crippen molar-refractivity contribution in [3.05, 3.63) is 34.9 Å². The SMILES string of the molecule is CC1C(N)CCC1S(=O)(=O)Cc1ccc(Cl)cc1. The topological polar surface area (TPSA) is 60.2 Å². The first-order valence-electron chi connectivity index (χ1n) is 6.12. The van der Waals surface area contributed by atoms with Crippen LogP contribution in [0.3, 0.4) is 0 Å². The molecule has 1 aromatic rings. The van der Waals surface area contributed by atoms with Gasteiger partial charge >= 0.3 is 0 Å². The zero-order valence-corrected chi connectivity index (χ0v) is 11.9. The van der Waals surface area contributed by atoms with Gasteiger partial charge in [0.05, 0.1) is 11.0 Å². The molecule has 0 amide bonds. The van der Waals surface area contributed by atoms with Gasteiger partial charge in [-0.05, 0) is 36.5 Å². The third kappa shape index (κ3) is 2.87. The minimum absolute atomic E-state index is 0.00925. The zero-order valence-electron chi connectivity index (χ0n) is 10.3. The summed E-state index contributed by atoms with van der Waals surface area (Å²) >= 11 is 5.79. The van der Waals surface area contributed by atoms with Gasteiger partial charge in [0.15, 0.2) is 9.84 Å². The van der Waals surface area contributed by atoms with E-state index in [9.17, 15) is 8.42 Å². The van der Waals surface area contributed by atoms with Crippen molar-refractivity contribution in [3.8, 4) is 0 Å². The molecule has 100 valence electrons. The van der Waals surface area contributed by atoms with Crippen LogP contribution in [0.15, 0.2) is 24.3 Å². The molecule has 0 aliphatic heterocycles. The quantitative estimate of drug-likeness (QED) is 0.928. The number of sulfone groups is 1. The predicted molar refractivity (Wildman–Crippen MR) is 74.2 cm³/mol. The molecule has 0 saturated heterocycles. The summed E-state index contributed by atoms with van der Waals surface area (Å²) in [6.07, 6.45) is 1.48. The highest BCUT2D eigenvalue weighted by molar-refractivity contribution is 7.91. The fourth-order valence-corrected chi connectivity index (χ4v) is 4.93. The Morgan fingerprint density at radius 1 is 1.28 bits per heavy atom. The summed E-state index contributed by atoms with van der Waals surface area (Å²) in [7, 11) is -3.13. The molecular formula is C13H18ClNO2S. The maximum Gasteiger partial charge on any atom is 0.157 e. The Labute approximate surface area is 113 Å². The van der Waals surface area contributed by atoms with Crippen molar-refractivity contribution >= 4 is 21.4 Å². The normalized spacial score (nSPS) is 28.5. The summed E-state index contributed by atoms with van der Waals surface area (Å²) in [5.41, 5.74) is 6.68. The van der Waals surface area contributed by atoms with Crippen LogP contribution in [0.1, 0.15) is 25.3 Å². The van der Waals surface area contributed by atoms with Gasteiger partial charge in [0.25, 0.3) is 0 Å². The van der Waals surface area contributed by atoms with Crippen molar-refractivity contribution < 1.29 is 8.42 Å². The average Bonchev–Trinajstić information content (AvgIpc) is 2.63. The first-order valence-corrected chi connectivity index (χ1v) is 8.21. The third-order valence-electron chi connectivity index (χ3n) is 3.79. The second-order valence-corrected chi connectivity index (χ2v) is 7.73. The molecule has 0 bridgehead atoms. The number of hydrogen-bond donors (Lipinski definition) is 1. The lowest BCUT2D eigenvalue weighted by atomic mass is 10.1. The molecule has 1 fully saturated rings. The van der Waals surface area contributed by atoms with E-state index >= 15 is 0 Å². The minimum atomic E-state index is -3.13. The van der Waals surface area contributed by atoms with E-state index in [0.29, 0.717) is 11.4 Å². The van der Waals surface area contributed by atoms with E-state index in [2.05, 4.69) is 0 Å². The summed E-state index contributed by atoms with van der Waals surface area (Å²) in [6.45, 7) is 1.93. The maximum absolute atomic E-state index is 12.4. The van der Waals surface area contributed by atoms with Crippen molar-refractivity contribution in [2.75, 3.05) is 0 Å². The number of nitrogens with two attached hydrogens (primary N) is 1. The Morgan fingerprint density at radius 3 is 2.39 bits per heavy atom. The summed E-state index contributed by atoms with van der Waals surface area (Å²) in [6, 6.07) is 6.97. The number of hydrogen-bond acceptors (Lipinski definition) is 3. The van der Waals surface area contributed by atoms with Crippen molar-refractivity contribution in [3.63, 3.8) is 0 Å². The average molecular weight is 288 g/mol. The van der Waals surface area contributed by atoms with Gasteiger partial charge in [-0.3, -0.25) is 0 Å². The Bertz CT molecular complexity index is 512. The highest BCUT2D eigenvalue weighted by atomic mass is 35.5. The fourth-order valence-electron chi connectivity index (χ4n) is 2.58. The third-order valence-corrected chi connectivity index (χ3v) is 6.36. The van der Waals surface area contributed by atoms with Crippen molar-refractivity contribution in [2.45, 2.75) is 36.8 Å². The molecule has 0 heterocycles. The second kappa shape index (κ2) is 5.19. The molecule has 2 rings (SSSR count). The molecule has 3 nitrogen and oxygen atoms in total. The van der Waals surface area contributed by atoms with Crippen LogP contribution < -0.4 is 5.73 Å². The number of benzene rings is 1. The lowest BCUT2D eigenvalue weighted by molar-refractivity contribution is 0.506. The molecule has 1 aliphatic carbocycles. The van der Waals surface area contributed by atoms with Gasteiger partial charge in [0.1, 0.15) is 0 Å². The molecule has 0 radical (unpaired) electrons. The van der Waals surface area contributed by atoms with Crippen LogP contribution in [0.25, 0.3) is 0 Å². The molecule has 1 aromatic carbocycles. The molecule has 2 N–H and O–H groups in total. The number of rotatable bonds is 3. The Balaban J connectivity index is 2.15. The van der Waals surface area contributed by atoms with E-state index in [1.807, 2.05) is 6.92 Å². The van der Waals surface area contributed by atoms with Crippen LogP contribution in [0.4, 0.5) is 0 Å². The summed E-state index contributed by atoms with van der Waals surface area (Å²) < 4.78 is 24.7. The van der Waals surface area contributed by atoms with E-state index in [-0.39, 0.29) is 23.0 Å². The van der Waals surface area contributed by atoms with Crippen molar-refractivity contribution in [1.29, 1.82) is 0 Å².